The summed E-state index contributed by atoms with van der Waals surface area (Å²) in [6.07, 6.45) is 18.5. The van der Waals surface area contributed by atoms with Gasteiger partial charge in [0.05, 0.1) is 6.10 Å². The van der Waals surface area contributed by atoms with E-state index in [1.165, 1.54) is 77.0 Å². The zero-order valence-electron chi connectivity index (χ0n) is 12.5. The largest absolute Gasteiger partial charge is 0.393 e. The van der Waals surface area contributed by atoms with Crippen LogP contribution in [0, 0.1) is 5.92 Å². The van der Waals surface area contributed by atoms with Crippen molar-refractivity contribution in [2.45, 2.75) is 103 Å². The molecule has 0 aromatic heterocycles. The molecule has 0 heterocycles. The van der Waals surface area contributed by atoms with Gasteiger partial charge in [-0.05, 0) is 18.8 Å². The highest BCUT2D eigenvalue weighted by atomic mass is 16.3. The van der Waals surface area contributed by atoms with Crippen molar-refractivity contribution >= 4 is 0 Å². The van der Waals surface area contributed by atoms with E-state index in [1.807, 2.05) is 0 Å². The quantitative estimate of drug-likeness (QED) is 0.513. The summed E-state index contributed by atoms with van der Waals surface area (Å²) in [6, 6.07) is 0. The molecule has 0 spiro atoms. The Kier molecular flexibility index (Phi) is 9.65. The number of rotatable bonds is 10. The number of hydrogen-bond acceptors (Lipinski definition) is 1. The first-order valence-corrected chi connectivity index (χ1v) is 8.51. The predicted molar refractivity (Wildman–Crippen MR) is 79.8 cm³/mol. The van der Waals surface area contributed by atoms with Gasteiger partial charge in [-0.15, -0.1) is 0 Å². The van der Waals surface area contributed by atoms with Gasteiger partial charge in [0.25, 0.3) is 0 Å². The second-order valence-electron chi connectivity index (χ2n) is 6.30. The summed E-state index contributed by atoms with van der Waals surface area (Å²) in [5.74, 6) is 0.832. The van der Waals surface area contributed by atoms with Crippen LogP contribution < -0.4 is 0 Å². The zero-order chi connectivity index (χ0) is 13.1. The molecule has 1 fully saturated rings. The van der Waals surface area contributed by atoms with E-state index in [4.69, 9.17) is 0 Å². The first kappa shape index (κ1) is 16.0. The summed E-state index contributed by atoms with van der Waals surface area (Å²) < 4.78 is 0. The fourth-order valence-electron chi connectivity index (χ4n) is 3.26. The smallest absolute Gasteiger partial charge is 0.0542 e. The molecule has 0 aromatic rings. The second-order valence-corrected chi connectivity index (χ2v) is 6.30. The highest BCUT2D eigenvalue weighted by Crippen LogP contribution is 2.28. The van der Waals surface area contributed by atoms with Crippen LogP contribution >= 0.6 is 0 Å². The molecule has 0 aliphatic heterocycles. The van der Waals surface area contributed by atoms with Crippen molar-refractivity contribution in [2.24, 2.45) is 5.92 Å². The first-order valence-electron chi connectivity index (χ1n) is 8.51. The third-order valence-corrected chi connectivity index (χ3v) is 4.47. The minimum atomic E-state index is -0.0104. The van der Waals surface area contributed by atoms with E-state index in [0.29, 0.717) is 0 Å². The topological polar surface area (TPSA) is 20.2 Å². The average Bonchev–Trinajstić information content (AvgIpc) is 2.39. The Labute approximate surface area is 114 Å². The summed E-state index contributed by atoms with van der Waals surface area (Å²) in [4.78, 5) is 0. The molecule has 1 unspecified atom stereocenters. The van der Waals surface area contributed by atoms with Crippen molar-refractivity contribution in [3.63, 3.8) is 0 Å². The van der Waals surface area contributed by atoms with E-state index in [9.17, 15) is 5.11 Å². The van der Waals surface area contributed by atoms with Gasteiger partial charge in [0, 0.05) is 0 Å². The molecule has 18 heavy (non-hydrogen) atoms. The SMILES string of the molecule is CCCCCCCCCC(O)CC1CCCCC1. The fourth-order valence-corrected chi connectivity index (χ4v) is 3.26. The molecule has 0 amide bonds. The normalized spacial score (nSPS) is 19.0. The second kappa shape index (κ2) is 10.8. The van der Waals surface area contributed by atoms with Crippen LogP contribution in [0.3, 0.4) is 0 Å². The summed E-state index contributed by atoms with van der Waals surface area (Å²) in [5.41, 5.74) is 0. The summed E-state index contributed by atoms with van der Waals surface area (Å²) in [7, 11) is 0. The number of unbranched alkanes of at least 4 members (excludes halogenated alkanes) is 6. The molecule has 1 rings (SSSR count). The molecule has 1 heteroatoms. The Morgan fingerprint density at radius 3 is 2.17 bits per heavy atom. The lowest BCUT2D eigenvalue weighted by atomic mass is 9.84. The molecule has 0 radical (unpaired) electrons. The molecular weight excluding hydrogens is 220 g/mol. The third kappa shape index (κ3) is 8.13. The van der Waals surface area contributed by atoms with E-state index < -0.39 is 0 Å². The maximum absolute atomic E-state index is 10.0. The lowest BCUT2D eigenvalue weighted by Gasteiger charge is -2.23. The lowest BCUT2D eigenvalue weighted by Crippen LogP contribution is -2.16. The number of aliphatic hydroxyl groups is 1. The Bertz CT molecular complexity index is 172. The Hall–Kier alpha value is -0.0400. The summed E-state index contributed by atoms with van der Waals surface area (Å²) >= 11 is 0. The van der Waals surface area contributed by atoms with Gasteiger partial charge in [-0.25, -0.2) is 0 Å². The van der Waals surface area contributed by atoms with Crippen LogP contribution in [0.5, 0.6) is 0 Å². The van der Waals surface area contributed by atoms with Crippen molar-refractivity contribution < 1.29 is 5.11 Å². The molecule has 1 atom stereocenters. The van der Waals surface area contributed by atoms with Gasteiger partial charge in [0.1, 0.15) is 0 Å². The Morgan fingerprint density at radius 1 is 0.889 bits per heavy atom. The van der Waals surface area contributed by atoms with Crippen LogP contribution in [-0.4, -0.2) is 11.2 Å². The van der Waals surface area contributed by atoms with Crippen LogP contribution in [0.15, 0.2) is 0 Å². The van der Waals surface area contributed by atoms with Gasteiger partial charge < -0.3 is 5.11 Å². The molecule has 0 saturated heterocycles. The standard InChI is InChI=1S/C17H34O/c1-2-3-4-5-6-7-11-14-17(18)15-16-12-9-8-10-13-16/h16-18H,2-15H2,1H3. The predicted octanol–water partition coefficient (Wildman–Crippen LogP) is 5.46. The van der Waals surface area contributed by atoms with Crippen molar-refractivity contribution in [1.29, 1.82) is 0 Å². The van der Waals surface area contributed by atoms with Crippen LogP contribution in [0.25, 0.3) is 0 Å². The monoisotopic (exact) mass is 254 g/mol. The summed E-state index contributed by atoms with van der Waals surface area (Å²) in [5, 5.41) is 10.0. The first-order chi connectivity index (χ1) is 8.83. The van der Waals surface area contributed by atoms with E-state index in [0.717, 1.165) is 18.8 Å². The van der Waals surface area contributed by atoms with Gasteiger partial charge in [-0.3, -0.25) is 0 Å². The van der Waals surface area contributed by atoms with E-state index in [2.05, 4.69) is 6.92 Å². The number of aliphatic hydroxyl groups excluding tert-OH is 1. The maximum Gasteiger partial charge on any atom is 0.0542 e. The maximum atomic E-state index is 10.0. The molecule has 0 bridgehead atoms. The lowest BCUT2D eigenvalue weighted by molar-refractivity contribution is 0.119. The molecule has 1 saturated carbocycles. The molecular formula is C17H34O. The molecule has 0 aromatic carbocycles. The van der Waals surface area contributed by atoms with Crippen LogP contribution in [0.4, 0.5) is 0 Å². The van der Waals surface area contributed by atoms with Crippen molar-refractivity contribution in [1.82, 2.24) is 0 Å². The van der Waals surface area contributed by atoms with Crippen LogP contribution in [0.2, 0.25) is 0 Å². The van der Waals surface area contributed by atoms with E-state index >= 15 is 0 Å². The molecule has 1 N–H and O–H groups in total. The van der Waals surface area contributed by atoms with Crippen LogP contribution in [0.1, 0.15) is 96.8 Å². The molecule has 1 aliphatic carbocycles. The zero-order valence-corrected chi connectivity index (χ0v) is 12.5. The van der Waals surface area contributed by atoms with E-state index in [1.54, 1.807) is 0 Å². The third-order valence-electron chi connectivity index (χ3n) is 4.47. The van der Waals surface area contributed by atoms with Crippen molar-refractivity contribution in [2.75, 3.05) is 0 Å². The van der Waals surface area contributed by atoms with Crippen LogP contribution in [-0.2, 0) is 0 Å². The number of hydrogen-bond donors (Lipinski definition) is 1. The Balaban J connectivity index is 1.88. The van der Waals surface area contributed by atoms with Gasteiger partial charge in [0.15, 0.2) is 0 Å². The van der Waals surface area contributed by atoms with Gasteiger partial charge >= 0.3 is 0 Å². The van der Waals surface area contributed by atoms with Gasteiger partial charge in [-0.2, -0.15) is 0 Å². The minimum absolute atomic E-state index is 0.0104. The Morgan fingerprint density at radius 2 is 1.50 bits per heavy atom. The average molecular weight is 254 g/mol. The fraction of sp³-hybridized carbons (Fsp3) is 1.00. The van der Waals surface area contributed by atoms with Crippen molar-refractivity contribution in [3.8, 4) is 0 Å². The molecule has 1 nitrogen and oxygen atoms in total. The highest BCUT2D eigenvalue weighted by Gasteiger charge is 2.16. The van der Waals surface area contributed by atoms with Gasteiger partial charge in [-0.1, -0.05) is 84.0 Å². The highest BCUT2D eigenvalue weighted by molar-refractivity contribution is 4.69. The summed E-state index contributed by atoms with van der Waals surface area (Å²) in [6.45, 7) is 2.27. The minimum Gasteiger partial charge on any atom is -0.393 e. The van der Waals surface area contributed by atoms with E-state index in [-0.39, 0.29) is 6.10 Å². The molecule has 108 valence electrons. The molecule has 1 aliphatic rings. The van der Waals surface area contributed by atoms with Gasteiger partial charge in [0.2, 0.25) is 0 Å². The van der Waals surface area contributed by atoms with Crippen molar-refractivity contribution in [3.05, 3.63) is 0 Å².